The number of nitro groups is 1. The van der Waals surface area contributed by atoms with E-state index in [4.69, 9.17) is 5.11 Å². The van der Waals surface area contributed by atoms with Gasteiger partial charge in [-0.3, -0.25) is 19.8 Å². The van der Waals surface area contributed by atoms with Gasteiger partial charge >= 0.3 is 0 Å². The van der Waals surface area contributed by atoms with E-state index in [0.29, 0.717) is 31.9 Å². The number of carbonyl (C=O) groups is 1. The van der Waals surface area contributed by atoms with E-state index in [1.807, 2.05) is 0 Å². The summed E-state index contributed by atoms with van der Waals surface area (Å²) >= 11 is 0. The van der Waals surface area contributed by atoms with Gasteiger partial charge in [-0.25, -0.2) is 0 Å². The minimum atomic E-state index is -0.498. The van der Waals surface area contributed by atoms with Crippen LogP contribution in [-0.4, -0.2) is 69.6 Å². The topological polar surface area (TPSA) is 91.8 Å². The van der Waals surface area contributed by atoms with E-state index >= 15 is 0 Å². The van der Waals surface area contributed by atoms with E-state index in [1.165, 1.54) is 16.8 Å². The molecule has 8 nitrogen and oxygen atoms in total. The lowest BCUT2D eigenvalue weighted by atomic mass is 10.3. The molecule has 0 bridgehead atoms. The lowest BCUT2D eigenvalue weighted by Crippen LogP contribution is -2.36. The fourth-order valence-corrected chi connectivity index (χ4v) is 2.56. The van der Waals surface area contributed by atoms with Crippen LogP contribution in [0, 0.1) is 10.1 Å². The Labute approximate surface area is 122 Å². The van der Waals surface area contributed by atoms with Crippen LogP contribution in [0.2, 0.25) is 0 Å². The first-order valence-electron chi connectivity index (χ1n) is 6.96. The van der Waals surface area contributed by atoms with Gasteiger partial charge in [-0.15, -0.1) is 0 Å². The SMILES string of the molecule is Cn1cc([N+](=O)[O-])cc1C(=O)N1CCCN(CCO)CC1. The molecule has 0 spiro atoms. The average molecular weight is 296 g/mol. The third-order valence-electron chi connectivity index (χ3n) is 3.71. The van der Waals surface area contributed by atoms with Crippen molar-refractivity contribution in [2.75, 3.05) is 39.3 Å². The number of aromatic nitrogens is 1. The van der Waals surface area contributed by atoms with Crippen molar-refractivity contribution in [2.24, 2.45) is 7.05 Å². The molecule has 8 heteroatoms. The Bertz CT molecular complexity index is 528. The second-order valence-electron chi connectivity index (χ2n) is 5.16. The van der Waals surface area contributed by atoms with Crippen molar-refractivity contribution in [3.63, 3.8) is 0 Å². The van der Waals surface area contributed by atoms with Crippen molar-refractivity contribution in [3.8, 4) is 0 Å². The fourth-order valence-electron chi connectivity index (χ4n) is 2.56. The molecule has 0 radical (unpaired) electrons. The molecule has 1 aromatic rings. The monoisotopic (exact) mass is 296 g/mol. The van der Waals surface area contributed by atoms with Gasteiger partial charge < -0.3 is 14.6 Å². The molecule has 0 aliphatic carbocycles. The number of aryl methyl sites for hydroxylation is 1. The number of amides is 1. The first-order chi connectivity index (χ1) is 10.0. The number of nitrogens with zero attached hydrogens (tertiary/aromatic N) is 4. The van der Waals surface area contributed by atoms with Gasteiger partial charge in [-0.05, 0) is 13.0 Å². The van der Waals surface area contributed by atoms with Gasteiger partial charge in [-0.1, -0.05) is 0 Å². The highest BCUT2D eigenvalue weighted by Crippen LogP contribution is 2.17. The van der Waals surface area contributed by atoms with Gasteiger partial charge in [0.1, 0.15) is 5.69 Å². The van der Waals surface area contributed by atoms with Gasteiger partial charge in [0, 0.05) is 39.3 Å². The van der Waals surface area contributed by atoms with Gasteiger partial charge in [0.15, 0.2) is 0 Å². The van der Waals surface area contributed by atoms with Crippen LogP contribution < -0.4 is 0 Å². The molecule has 0 saturated carbocycles. The van der Waals surface area contributed by atoms with Gasteiger partial charge in [0.25, 0.3) is 11.6 Å². The Hall–Kier alpha value is -1.93. The van der Waals surface area contributed by atoms with Crippen LogP contribution >= 0.6 is 0 Å². The summed E-state index contributed by atoms with van der Waals surface area (Å²) in [6.45, 7) is 3.46. The molecule has 1 saturated heterocycles. The first-order valence-corrected chi connectivity index (χ1v) is 6.96. The zero-order valence-corrected chi connectivity index (χ0v) is 12.1. The molecule has 1 N–H and O–H groups in total. The van der Waals surface area contributed by atoms with Crippen LogP contribution in [0.5, 0.6) is 0 Å². The molecular weight excluding hydrogens is 276 g/mol. The summed E-state index contributed by atoms with van der Waals surface area (Å²) in [6.07, 6.45) is 2.18. The second-order valence-corrected chi connectivity index (χ2v) is 5.16. The lowest BCUT2D eigenvalue weighted by Gasteiger charge is -2.21. The zero-order chi connectivity index (χ0) is 15.4. The molecule has 0 unspecified atom stereocenters. The Morgan fingerprint density at radius 3 is 2.76 bits per heavy atom. The minimum absolute atomic E-state index is 0.0717. The highest BCUT2D eigenvalue weighted by Gasteiger charge is 2.24. The Morgan fingerprint density at radius 1 is 1.38 bits per heavy atom. The molecule has 2 heterocycles. The largest absolute Gasteiger partial charge is 0.395 e. The highest BCUT2D eigenvalue weighted by atomic mass is 16.6. The molecule has 2 rings (SSSR count). The Morgan fingerprint density at radius 2 is 2.14 bits per heavy atom. The van der Waals surface area contributed by atoms with Crippen LogP contribution in [-0.2, 0) is 7.05 Å². The molecule has 1 fully saturated rings. The molecule has 1 aromatic heterocycles. The van der Waals surface area contributed by atoms with E-state index in [0.717, 1.165) is 13.0 Å². The van der Waals surface area contributed by atoms with Gasteiger partial charge in [0.2, 0.25) is 0 Å². The summed E-state index contributed by atoms with van der Waals surface area (Å²) in [6, 6.07) is 1.32. The maximum absolute atomic E-state index is 12.5. The normalized spacial score (nSPS) is 16.8. The highest BCUT2D eigenvalue weighted by molar-refractivity contribution is 5.93. The summed E-state index contributed by atoms with van der Waals surface area (Å²) in [5, 5.41) is 19.7. The van der Waals surface area contributed by atoms with Gasteiger partial charge in [0.05, 0.1) is 17.7 Å². The number of carbonyl (C=O) groups excluding carboxylic acids is 1. The van der Waals surface area contributed by atoms with Gasteiger partial charge in [-0.2, -0.15) is 0 Å². The van der Waals surface area contributed by atoms with E-state index in [1.54, 1.807) is 11.9 Å². The minimum Gasteiger partial charge on any atom is -0.395 e. The van der Waals surface area contributed by atoms with Crippen LogP contribution in [0.4, 0.5) is 5.69 Å². The summed E-state index contributed by atoms with van der Waals surface area (Å²) in [5.41, 5.74) is 0.259. The van der Waals surface area contributed by atoms with Crippen molar-refractivity contribution in [1.29, 1.82) is 0 Å². The number of aliphatic hydroxyl groups is 1. The fraction of sp³-hybridized carbons (Fsp3) is 0.615. The molecule has 21 heavy (non-hydrogen) atoms. The van der Waals surface area contributed by atoms with Crippen molar-refractivity contribution in [2.45, 2.75) is 6.42 Å². The van der Waals surface area contributed by atoms with Crippen molar-refractivity contribution < 1.29 is 14.8 Å². The summed E-state index contributed by atoms with van der Waals surface area (Å²) < 4.78 is 1.50. The third-order valence-corrected chi connectivity index (χ3v) is 3.71. The predicted molar refractivity (Wildman–Crippen MR) is 76.1 cm³/mol. The predicted octanol–water partition coefficient (Wildman–Crippen LogP) is 0.0735. The lowest BCUT2D eigenvalue weighted by molar-refractivity contribution is -0.384. The number of hydrogen-bond donors (Lipinski definition) is 1. The molecule has 1 aliphatic heterocycles. The molecule has 1 amide bonds. The summed E-state index contributed by atoms with van der Waals surface area (Å²) in [4.78, 5) is 26.6. The number of hydrogen-bond acceptors (Lipinski definition) is 5. The molecule has 1 aliphatic rings. The number of β-amino-alcohol motifs (C(OH)–C–C–N with tert-alkyl or cyclic N) is 1. The Balaban J connectivity index is 2.07. The molecule has 0 aromatic carbocycles. The third kappa shape index (κ3) is 3.59. The summed E-state index contributed by atoms with van der Waals surface area (Å²) in [7, 11) is 1.64. The first kappa shape index (κ1) is 15.5. The smallest absolute Gasteiger partial charge is 0.287 e. The van der Waals surface area contributed by atoms with Crippen LogP contribution in [0.25, 0.3) is 0 Å². The standard InChI is InChI=1S/C13H20N4O4/c1-14-10-11(17(20)21)9-12(14)13(19)16-4-2-3-15(5-6-16)7-8-18/h9-10,18H,2-8H2,1H3. The van der Waals surface area contributed by atoms with E-state index < -0.39 is 4.92 Å². The number of rotatable bonds is 4. The van der Waals surface area contributed by atoms with E-state index in [2.05, 4.69) is 4.90 Å². The zero-order valence-electron chi connectivity index (χ0n) is 12.1. The van der Waals surface area contributed by atoms with Crippen molar-refractivity contribution in [1.82, 2.24) is 14.4 Å². The maximum Gasteiger partial charge on any atom is 0.287 e. The van der Waals surface area contributed by atoms with Crippen LogP contribution in [0.15, 0.2) is 12.3 Å². The van der Waals surface area contributed by atoms with Crippen LogP contribution in [0.1, 0.15) is 16.9 Å². The maximum atomic E-state index is 12.5. The quantitative estimate of drug-likeness (QED) is 0.627. The van der Waals surface area contributed by atoms with Crippen molar-refractivity contribution in [3.05, 3.63) is 28.1 Å². The Kier molecular flexibility index (Phi) is 4.92. The average Bonchev–Trinajstić information content (AvgIpc) is 2.68. The van der Waals surface area contributed by atoms with Crippen LogP contribution in [0.3, 0.4) is 0 Å². The number of aliphatic hydroxyl groups excluding tert-OH is 1. The van der Waals surface area contributed by atoms with E-state index in [9.17, 15) is 14.9 Å². The molecular formula is C13H20N4O4. The second kappa shape index (κ2) is 6.68. The van der Waals surface area contributed by atoms with E-state index in [-0.39, 0.29) is 18.2 Å². The van der Waals surface area contributed by atoms with Crippen molar-refractivity contribution >= 4 is 11.6 Å². The summed E-state index contributed by atoms with van der Waals surface area (Å²) in [5.74, 6) is -0.184. The molecule has 0 atom stereocenters. The molecule has 116 valence electrons.